The molecule has 1 aliphatic rings. The van der Waals surface area contributed by atoms with Crippen LogP contribution in [0.4, 0.5) is 5.69 Å². The largest absolute Gasteiger partial charge is 0.508 e. The number of aryl methyl sites for hydroxylation is 1. The highest BCUT2D eigenvalue weighted by Gasteiger charge is 2.20. The van der Waals surface area contributed by atoms with E-state index in [1.54, 1.807) is 6.07 Å². The summed E-state index contributed by atoms with van der Waals surface area (Å²) < 4.78 is 0. The van der Waals surface area contributed by atoms with Crippen molar-refractivity contribution in [2.24, 2.45) is 5.92 Å². The van der Waals surface area contributed by atoms with Gasteiger partial charge in [0, 0.05) is 17.7 Å². The van der Waals surface area contributed by atoms with Crippen LogP contribution in [0, 0.1) is 12.8 Å². The molecule has 0 aliphatic heterocycles. The molecule has 0 bridgehead atoms. The summed E-state index contributed by atoms with van der Waals surface area (Å²) in [6, 6.07) is 5.27. The molecule has 0 radical (unpaired) electrons. The summed E-state index contributed by atoms with van der Waals surface area (Å²) in [5.41, 5.74) is 1.51. The number of phenols is 1. The fourth-order valence-corrected chi connectivity index (χ4v) is 2.47. The Morgan fingerprint density at radius 2 is 1.89 bits per heavy atom. The van der Waals surface area contributed by atoms with Crippen LogP contribution in [-0.4, -0.2) is 11.0 Å². The monoisotopic (exact) mass is 247 g/mol. The molecule has 0 heterocycles. The van der Waals surface area contributed by atoms with E-state index in [0.717, 1.165) is 31.2 Å². The van der Waals surface area contributed by atoms with E-state index in [2.05, 4.69) is 5.32 Å². The molecule has 0 spiro atoms. The second-order valence-electron chi connectivity index (χ2n) is 5.18. The zero-order valence-electron chi connectivity index (χ0n) is 10.9. The van der Waals surface area contributed by atoms with Gasteiger partial charge in [-0.3, -0.25) is 4.79 Å². The third-order valence-electron chi connectivity index (χ3n) is 3.70. The van der Waals surface area contributed by atoms with Crippen LogP contribution < -0.4 is 5.32 Å². The SMILES string of the molecule is Cc1ccc(NC(=O)C2CCCCCC2)cc1O. The normalized spacial score (nSPS) is 17.2. The Morgan fingerprint density at radius 3 is 2.50 bits per heavy atom. The van der Waals surface area contributed by atoms with Crippen molar-refractivity contribution in [3.05, 3.63) is 23.8 Å². The number of amides is 1. The van der Waals surface area contributed by atoms with E-state index in [4.69, 9.17) is 0 Å². The van der Waals surface area contributed by atoms with E-state index in [1.165, 1.54) is 12.8 Å². The summed E-state index contributed by atoms with van der Waals surface area (Å²) in [6.07, 6.45) is 6.77. The molecule has 0 atom stereocenters. The van der Waals surface area contributed by atoms with Gasteiger partial charge in [0.15, 0.2) is 0 Å². The summed E-state index contributed by atoms with van der Waals surface area (Å²) in [5, 5.41) is 12.5. The van der Waals surface area contributed by atoms with Crippen LogP contribution in [0.1, 0.15) is 44.1 Å². The van der Waals surface area contributed by atoms with Crippen LogP contribution in [0.25, 0.3) is 0 Å². The molecule has 3 heteroatoms. The topological polar surface area (TPSA) is 49.3 Å². The summed E-state index contributed by atoms with van der Waals surface area (Å²) in [5.74, 6) is 0.463. The highest BCUT2D eigenvalue weighted by atomic mass is 16.3. The van der Waals surface area contributed by atoms with Gasteiger partial charge in [0.05, 0.1) is 0 Å². The zero-order valence-corrected chi connectivity index (χ0v) is 10.9. The minimum atomic E-state index is 0.0974. The molecule has 1 aromatic carbocycles. The van der Waals surface area contributed by atoms with Crippen LogP contribution >= 0.6 is 0 Å². The number of nitrogens with one attached hydrogen (secondary N) is 1. The average Bonchev–Trinajstić information content (AvgIpc) is 2.62. The number of carbonyl (C=O) groups is 1. The molecule has 2 N–H and O–H groups in total. The molecule has 0 aromatic heterocycles. The summed E-state index contributed by atoms with van der Waals surface area (Å²) in [7, 11) is 0. The number of hydrogen-bond acceptors (Lipinski definition) is 2. The Kier molecular flexibility index (Phi) is 4.24. The number of hydrogen-bond donors (Lipinski definition) is 2. The van der Waals surface area contributed by atoms with Crippen molar-refractivity contribution < 1.29 is 9.90 Å². The van der Waals surface area contributed by atoms with E-state index in [-0.39, 0.29) is 17.6 Å². The number of aromatic hydroxyl groups is 1. The minimum Gasteiger partial charge on any atom is -0.508 e. The summed E-state index contributed by atoms with van der Waals surface area (Å²) >= 11 is 0. The fraction of sp³-hybridized carbons (Fsp3) is 0.533. The Bertz CT molecular complexity index is 421. The number of anilines is 1. The first-order valence-electron chi connectivity index (χ1n) is 6.77. The van der Waals surface area contributed by atoms with Gasteiger partial charge in [0.1, 0.15) is 5.75 Å². The molecule has 2 rings (SSSR count). The molecule has 18 heavy (non-hydrogen) atoms. The molecule has 3 nitrogen and oxygen atoms in total. The molecule has 1 amide bonds. The molecule has 1 fully saturated rings. The van der Waals surface area contributed by atoms with E-state index >= 15 is 0 Å². The van der Waals surface area contributed by atoms with Crippen LogP contribution in [0.2, 0.25) is 0 Å². The third-order valence-corrected chi connectivity index (χ3v) is 3.70. The van der Waals surface area contributed by atoms with Crippen LogP contribution in [-0.2, 0) is 4.79 Å². The van der Waals surface area contributed by atoms with Crippen LogP contribution in [0.5, 0.6) is 5.75 Å². The minimum absolute atomic E-state index is 0.0974. The maximum Gasteiger partial charge on any atom is 0.227 e. The molecule has 1 aliphatic carbocycles. The molecular weight excluding hydrogens is 226 g/mol. The van der Waals surface area contributed by atoms with Gasteiger partial charge in [-0.25, -0.2) is 0 Å². The van der Waals surface area contributed by atoms with Gasteiger partial charge < -0.3 is 10.4 Å². The van der Waals surface area contributed by atoms with Gasteiger partial charge in [0.2, 0.25) is 5.91 Å². The number of carbonyl (C=O) groups excluding carboxylic acids is 1. The number of benzene rings is 1. The molecule has 98 valence electrons. The maximum absolute atomic E-state index is 12.1. The molecule has 0 unspecified atom stereocenters. The van der Waals surface area contributed by atoms with Gasteiger partial charge in [-0.1, -0.05) is 31.7 Å². The first-order chi connectivity index (χ1) is 8.66. The Hall–Kier alpha value is -1.51. The van der Waals surface area contributed by atoms with Gasteiger partial charge in [-0.05, 0) is 31.4 Å². The van der Waals surface area contributed by atoms with Crippen LogP contribution in [0.3, 0.4) is 0 Å². The molecule has 1 aromatic rings. The molecular formula is C15H21NO2. The van der Waals surface area contributed by atoms with E-state index in [0.29, 0.717) is 5.69 Å². The highest BCUT2D eigenvalue weighted by molar-refractivity contribution is 5.92. The second kappa shape index (κ2) is 5.89. The lowest BCUT2D eigenvalue weighted by Gasteiger charge is -2.14. The highest BCUT2D eigenvalue weighted by Crippen LogP contribution is 2.25. The van der Waals surface area contributed by atoms with Crippen molar-refractivity contribution in [2.45, 2.75) is 45.4 Å². The van der Waals surface area contributed by atoms with E-state index in [1.807, 2.05) is 19.1 Å². The average molecular weight is 247 g/mol. The predicted octanol–water partition coefficient (Wildman–Crippen LogP) is 3.61. The van der Waals surface area contributed by atoms with Crippen molar-refractivity contribution in [3.63, 3.8) is 0 Å². The number of rotatable bonds is 2. The van der Waals surface area contributed by atoms with Gasteiger partial charge in [-0.15, -0.1) is 0 Å². The van der Waals surface area contributed by atoms with Crippen molar-refractivity contribution in [1.29, 1.82) is 0 Å². The third kappa shape index (κ3) is 3.25. The van der Waals surface area contributed by atoms with Gasteiger partial charge in [0.25, 0.3) is 0 Å². The molecule has 1 saturated carbocycles. The second-order valence-corrected chi connectivity index (χ2v) is 5.18. The standard InChI is InChI=1S/C15H21NO2/c1-11-8-9-13(10-14(11)17)16-15(18)12-6-4-2-3-5-7-12/h8-10,12,17H,2-7H2,1H3,(H,16,18). The zero-order chi connectivity index (χ0) is 13.0. The van der Waals surface area contributed by atoms with E-state index < -0.39 is 0 Å². The Labute approximate surface area is 108 Å². The van der Waals surface area contributed by atoms with Crippen molar-refractivity contribution in [3.8, 4) is 5.75 Å². The summed E-state index contributed by atoms with van der Waals surface area (Å²) in [6.45, 7) is 1.84. The Morgan fingerprint density at radius 1 is 1.22 bits per heavy atom. The van der Waals surface area contributed by atoms with E-state index in [9.17, 15) is 9.90 Å². The van der Waals surface area contributed by atoms with Crippen LogP contribution in [0.15, 0.2) is 18.2 Å². The predicted molar refractivity (Wildman–Crippen MR) is 72.7 cm³/mol. The van der Waals surface area contributed by atoms with Crippen molar-refractivity contribution in [2.75, 3.05) is 5.32 Å². The van der Waals surface area contributed by atoms with Crippen molar-refractivity contribution in [1.82, 2.24) is 0 Å². The molecule has 0 saturated heterocycles. The smallest absolute Gasteiger partial charge is 0.227 e. The number of phenolic OH excluding ortho intramolecular Hbond substituents is 1. The van der Waals surface area contributed by atoms with Gasteiger partial charge in [-0.2, -0.15) is 0 Å². The first kappa shape index (κ1) is 12.9. The Balaban J connectivity index is 1.99. The van der Waals surface area contributed by atoms with Gasteiger partial charge >= 0.3 is 0 Å². The lowest BCUT2D eigenvalue weighted by Crippen LogP contribution is -2.22. The quantitative estimate of drug-likeness (QED) is 0.784. The maximum atomic E-state index is 12.1. The summed E-state index contributed by atoms with van der Waals surface area (Å²) in [4.78, 5) is 12.1. The van der Waals surface area contributed by atoms with Crippen molar-refractivity contribution >= 4 is 11.6 Å². The lowest BCUT2D eigenvalue weighted by atomic mass is 9.99. The fourth-order valence-electron chi connectivity index (χ4n) is 2.47. The first-order valence-corrected chi connectivity index (χ1v) is 6.77. The lowest BCUT2D eigenvalue weighted by molar-refractivity contribution is -0.120.